The zero-order valence-corrected chi connectivity index (χ0v) is 13.0. The van der Waals surface area contributed by atoms with Gasteiger partial charge in [0.2, 0.25) is 5.88 Å². The van der Waals surface area contributed by atoms with E-state index in [1.807, 2.05) is 13.8 Å². The van der Waals surface area contributed by atoms with E-state index in [-0.39, 0.29) is 0 Å². The summed E-state index contributed by atoms with van der Waals surface area (Å²) in [5, 5.41) is 0. The summed E-state index contributed by atoms with van der Waals surface area (Å²) in [6, 6.07) is 0. The summed E-state index contributed by atoms with van der Waals surface area (Å²) in [6.45, 7) is 7.97. The van der Waals surface area contributed by atoms with Gasteiger partial charge in [-0.1, -0.05) is 0 Å². The van der Waals surface area contributed by atoms with Crippen LogP contribution in [-0.4, -0.2) is 48.9 Å². The van der Waals surface area contributed by atoms with Gasteiger partial charge in [-0.25, -0.2) is 9.97 Å². The van der Waals surface area contributed by atoms with Crippen molar-refractivity contribution in [1.82, 2.24) is 9.97 Å². The number of piperidine rings is 1. The summed E-state index contributed by atoms with van der Waals surface area (Å²) in [4.78, 5) is 10.9. The molecule has 1 aromatic heterocycles. The molecule has 0 atom stereocenters. The van der Waals surface area contributed by atoms with Gasteiger partial charge in [0.25, 0.3) is 0 Å². The minimum atomic E-state index is 0.348. The smallest absolute Gasteiger partial charge is 0.221 e. The predicted octanol–water partition coefficient (Wildman–Crippen LogP) is 1.52. The Bertz CT molecular complexity index is 434. The molecular formula is C15H26N4O2. The van der Waals surface area contributed by atoms with Gasteiger partial charge in [-0.3, -0.25) is 0 Å². The maximum Gasteiger partial charge on any atom is 0.221 e. The van der Waals surface area contributed by atoms with Gasteiger partial charge < -0.3 is 20.1 Å². The molecule has 0 amide bonds. The first-order valence-electron chi connectivity index (χ1n) is 7.77. The maximum absolute atomic E-state index is 5.84. The molecule has 1 fully saturated rings. The van der Waals surface area contributed by atoms with Gasteiger partial charge in [-0.05, 0) is 39.7 Å². The molecule has 0 aliphatic carbocycles. The van der Waals surface area contributed by atoms with Crippen LogP contribution in [0.1, 0.15) is 31.7 Å². The second-order valence-electron chi connectivity index (χ2n) is 5.26. The predicted molar refractivity (Wildman–Crippen MR) is 82.8 cm³/mol. The molecule has 2 rings (SSSR count). The van der Waals surface area contributed by atoms with Crippen LogP contribution in [-0.2, 0) is 4.74 Å². The summed E-state index contributed by atoms with van der Waals surface area (Å²) >= 11 is 0. The van der Waals surface area contributed by atoms with Crippen molar-refractivity contribution in [3.8, 4) is 5.88 Å². The Morgan fingerprint density at radius 2 is 2.10 bits per heavy atom. The second-order valence-corrected chi connectivity index (χ2v) is 5.26. The highest BCUT2D eigenvalue weighted by atomic mass is 16.5. The Kier molecular flexibility index (Phi) is 6.20. The lowest BCUT2D eigenvalue weighted by Crippen LogP contribution is -2.38. The lowest BCUT2D eigenvalue weighted by Gasteiger charge is -2.33. The molecule has 0 aromatic carbocycles. The Morgan fingerprint density at radius 3 is 2.76 bits per heavy atom. The van der Waals surface area contributed by atoms with Gasteiger partial charge in [-0.2, -0.15) is 0 Å². The highest BCUT2D eigenvalue weighted by molar-refractivity contribution is 5.50. The molecule has 0 bridgehead atoms. The zero-order valence-electron chi connectivity index (χ0n) is 13.0. The van der Waals surface area contributed by atoms with Crippen LogP contribution >= 0.6 is 0 Å². The van der Waals surface area contributed by atoms with Crippen LogP contribution in [0.5, 0.6) is 5.88 Å². The molecule has 2 N–H and O–H groups in total. The third-order valence-corrected chi connectivity index (χ3v) is 3.74. The molecule has 1 saturated heterocycles. The van der Waals surface area contributed by atoms with Gasteiger partial charge in [0, 0.05) is 19.7 Å². The SMILES string of the molecule is CCOc1ncnc(N2CCC(OCCCN)CC2)c1C. The van der Waals surface area contributed by atoms with Crippen molar-refractivity contribution in [2.24, 2.45) is 5.73 Å². The van der Waals surface area contributed by atoms with Gasteiger partial charge in [0.15, 0.2) is 0 Å². The van der Waals surface area contributed by atoms with Crippen LogP contribution in [0, 0.1) is 6.92 Å². The lowest BCUT2D eigenvalue weighted by atomic mass is 10.1. The van der Waals surface area contributed by atoms with Gasteiger partial charge >= 0.3 is 0 Å². The molecule has 6 nitrogen and oxygen atoms in total. The van der Waals surface area contributed by atoms with E-state index in [9.17, 15) is 0 Å². The molecule has 0 unspecified atom stereocenters. The van der Waals surface area contributed by atoms with E-state index in [4.69, 9.17) is 15.2 Å². The molecular weight excluding hydrogens is 268 g/mol. The van der Waals surface area contributed by atoms with Crippen molar-refractivity contribution in [2.75, 3.05) is 37.7 Å². The fourth-order valence-electron chi connectivity index (χ4n) is 2.59. The van der Waals surface area contributed by atoms with Crippen LogP contribution in [0.25, 0.3) is 0 Å². The van der Waals surface area contributed by atoms with Gasteiger partial charge in [-0.15, -0.1) is 0 Å². The number of hydrogen-bond acceptors (Lipinski definition) is 6. The largest absolute Gasteiger partial charge is 0.478 e. The molecule has 1 aliphatic heterocycles. The molecule has 2 heterocycles. The second kappa shape index (κ2) is 8.14. The molecule has 118 valence electrons. The average Bonchev–Trinajstić information content (AvgIpc) is 2.51. The number of nitrogens with zero attached hydrogens (tertiary/aromatic N) is 3. The van der Waals surface area contributed by atoms with Gasteiger partial charge in [0.05, 0.1) is 18.3 Å². The highest BCUT2D eigenvalue weighted by Crippen LogP contribution is 2.27. The number of hydrogen-bond donors (Lipinski definition) is 1. The Morgan fingerprint density at radius 1 is 1.33 bits per heavy atom. The number of aromatic nitrogens is 2. The Labute approximate surface area is 126 Å². The first-order valence-corrected chi connectivity index (χ1v) is 7.77. The van der Waals surface area contributed by atoms with Crippen LogP contribution in [0.15, 0.2) is 6.33 Å². The van der Waals surface area contributed by atoms with Crippen molar-refractivity contribution >= 4 is 5.82 Å². The quantitative estimate of drug-likeness (QED) is 0.769. The summed E-state index contributed by atoms with van der Waals surface area (Å²) in [5.41, 5.74) is 6.50. The molecule has 1 aliphatic rings. The third kappa shape index (κ3) is 4.28. The summed E-state index contributed by atoms with van der Waals surface area (Å²) in [6.07, 6.45) is 4.91. The normalized spacial score (nSPS) is 16.2. The number of ether oxygens (including phenoxy) is 2. The number of nitrogens with two attached hydrogens (primary N) is 1. The first kappa shape index (κ1) is 16.0. The van der Waals surface area contributed by atoms with E-state index in [0.717, 1.165) is 50.3 Å². The van der Waals surface area contributed by atoms with E-state index in [0.29, 0.717) is 25.1 Å². The average molecular weight is 294 g/mol. The number of rotatable bonds is 7. The van der Waals surface area contributed by atoms with Crippen LogP contribution < -0.4 is 15.4 Å². The van der Waals surface area contributed by atoms with Crippen LogP contribution in [0.2, 0.25) is 0 Å². The fourth-order valence-corrected chi connectivity index (χ4v) is 2.59. The van der Waals surface area contributed by atoms with Crippen molar-refractivity contribution in [1.29, 1.82) is 0 Å². The van der Waals surface area contributed by atoms with E-state index in [1.54, 1.807) is 6.33 Å². The molecule has 0 saturated carbocycles. The molecule has 0 radical (unpaired) electrons. The third-order valence-electron chi connectivity index (χ3n) is 3.74. The molecule has 6 heteroatoms. The summed E-state index contributed by atoms with van der Waals surface area (Å²) < 4.78 is 11.4. The lowest BCUT2D eigenvalue weighted by molar-refractivity contribution is 0.0365. The van der Waals surface area contributed by atoms with E-state index < -0.39 is 0 Å². The standard InChI is InChI=1S/C15H26N4O2/c1-3-20-15-12(2)14(17-11-18-15)19-8-5-13(6-9-19)21-10-4-7-16/h11,13H,3-10,16H2,1-2H3. The van der Waals surface area contributed by atoms with Crippen LogP contribution in [0.3, 0.4) is 0 Å². The summed E-state index contributed by atoms with van der Waals surface area (Å²) in [7, 11) is 0. The van der Waals surface area contributed by atoms with E-state index in [1.165, 1.54) is 0 Å². The topological polar surface area (TPSA) is 73.5 Å². The zero-order chi connectivity index (χ0) is 15.1. The molecule has 1 aromatic rings. The van der Waals surface area contributed by atoms with Gasteiger partial charge in [0.1, 0.15) is 12.1 Å². The number of anilines is 1. The molecule has 0 spiro atoms. The molecule has 21 heavy (non-hydrogen) atoms. The van der Waals surface area contributed by atoms with E-state index in [2.05, 4.69) is 14.9 Å². The monoisotopic (exact) mass is 294 g/mol. The van der Waals surface area contributed by atoms with E-state index >= 15 is 0 Å². The Hall–Kier alpha value is -1.40. The first-order chi connectivity index (χ1) is 10.3. The fraction of sp³-hybridized carbons (Fsp3) is 0.733. The van der Waals surface area contributed by atoms with Crippen molar-refractivity contribution < 1.29 is 9.47 Å². The highest BCUT2D eigenvalue weighted by Gasteiger charge is 2.22. The minimum Gasteiger partial charge on any atom is -0.478 e. The van der Waals surface area contributed by atoms with Crippen LogP contribution in [0.4, 0.5) is 5.82 Å². The van der Waals surface area contributed by atoms with Crippen molar-refractivity contribution in [3.63, 3.8) is 0 Å². The van der Waals surface area contributed by atoms with Crippen molar-refractivity contribution in [3.05, 3.63) is 11.9 Å². The van der Waals surface area contributed by atoms with Crippen molar-refractivity contribution in [2.45, 2.75) is 39.2 Å². The summed E-state index contributed by atoms with van der Waals surface area (Å²) in [5.74, 6) is 1.66. The minimum absolute atomic E-state index is 0.348. The Balaban J connectivity index is 1.91. The maximum atomic E-state index is 5.84.